The number of rotatable bonds is 4. The zero-order valence-electron chi connectivity index (χ0n) is 9.49. The average Bonchev–Trinajstić information content (AvgIpc) is 2.41. The van der Waals surface area contributed by atoms with Crippen molar-refractivity contribution in [2.75, 3.05) is 0 Å². The highest BCUT2D eigenvalue weighted by atomic mass is 31.2. The summed E-state index contributed by atoms with van der Waals surface area (Å²) >= 11 is 0. The summed E-state index contributed by atoms with van der Waals surface area (Å²) < 4.78 is 13.1. The molecule has 0 unspecified atom stereocenters. The molecule has 0 saturated heterocycles. The van der Waals surface area contributed by atoms with Gasteiger partial charge in [0.2, 0.25) is 0 Å². The molecule has 2 aromatic carbocycles. The van der Waals surface area contributed by atoms with E-state index in [1.807, 2.05) is 60.7 Å². The fourth-order valence-electron chi connectivity index (χ4n) is 1.77. The third-order valence-corrected chi connectivity index (χ3v) is 5.36. The first kappa shape index (κ1) is 11.8. The van der Waals surface area contributed by atoms with Crippen molar-refractivity contribution in [1.29, 1.82) is 0 Å². The maximum absolute atomic E-state index is 13.1. The summed E-state index contributed by atoms with van der Waals surface area (Å²) in [5.74, 6) is 0. The molecule has 0 aliphatic carbocycles. The molecule has 2 aromatic rings. The second-order valence-corrected chi connectivity index (χ2v) is 6.36. The fraction of sp³-hybridized carbons (Fsp3) is 0. The minimum atomic E-state index is -2.67. The normalized spacial score (nSPS) is 10.8. The third kappa shape index (κ3) is 2.35. The van der Waals surface area contributed by atoms with Crippen molar-refractivity contribution in [2.45, 2.75) is 0 Å². The van der Waals surface area contributed by atoms with E-state index in [0.29, 0.717) is 0 Å². The van der Waals surface area contributed by atoms with Gasteiger partial charge in [0.25, 0.3) is 0 Å². The van der Waals surface area contributed by atoms with E-state index >= 15 is 0 Å². The van der Waals surface area contributed by atoms with Gasteiger partial charge in [-0.1, -0.05) is 60.7 Å². The van der Waals surface area contributed by atoms with Gasteiger partial charge >= 0.3 is 0 Å². The maximum Gasteiger partial charge on any atom is 0.0935 e. The molecule has 0 amide bonds. The van der Waals surface area contributed by atoms with Gasteiger partial charge < -0.3 is 4.57 Å². The lowest BCUT2D eigenvalue weighted by molar-refractivity contribution is 0.591. The molecule has 2 rings (SSSR count). The third-order valence-electron chi connectivity index (χ3n) is 2.59. The van der Waals surface area contributed by atoms with E-state index in [4.69, 9.17) is 0 Å². The Kier molecular flexibility index (Phi) is 3.51. The lowest BCUT2D eigenvalue weighted by atomic mass is 10.4. The van der Waals surface area contributed by atoms with Gasteiger partial charge in [0.1, 0.15) is 0 Å². The van der Waals surface area contributed by atoms with Gasteiger partial charge in [-0.3, -0.25) is 0 Å². The lowest BCUT2D eigenvalue weighted by Crippen LogP contribution is -2.15. The van der Waals surface area contributed by atoms with Gasteiger partial charge in [-0.25, -0.2) is 12.7 Å². The van der Waals surface area contributed by atoms with E-state index in [1.165, 1.54) is 0 Å². The van der Waals surface area contributed by atoms with Crippen LogP contribution < -0.4 is 10.6 Å². The highest BCUT2D eigenvalue weighted by Crippen LogP contribution is 2.46. The molecule has 2 heteroatoms. The molecule has 0 fully saturated rings. The van der Waals surface area contributed by atoms with Gasteiger partial charge in [0.05, 0.1) is 7.14 Å². The van der Waals surface area contributed by atoms with Crippen LogP contribution >= 0.6 is 7.14 Å². The predicted molar refractivity (Wildman–Crippen MR) is 74.3 cm³/mol. The molecule has 0 aliphatic rings. The summed E-state index contributed by atoms with van der Waals surface area (Å²) in [7, 11) is -2.67. The Hall–Kier alpha value is -1.72. The van der Waals surface area contributed by atoms with E-state index in [9.17, 15) is 4.57 Å². The largest absolute Gasteiger partial charge is 0.328 e. The standard InChI is InChI=1S/C15H14OP/c1-2-13-17(16,14-9-5-3-6-10-14)15-11-7-4-8-12-15/h2-13H,1H2/q-1. The predicted octanol–water partition coefficient (Wildman–Crippen LogP) is 3.35. The second-order valence-electron chi connectivity index (χ2n) is 3.71. The Morgan fingerprint density at radius 3 is 1.65 bits per heavy atom. The van der Waals surface area contributed by atoms with Crippen LogP contribution in [0.2, 0.25) is 0 Å². The highest BCUT2D eigenvalue weighted by Gasteiger charge is 2.20. The second kappa shape index (κ2) is 5.07. The van der Waals surface area contributed by atoms with Crippen LogP contribution in [0.15, 0.2) is 73.3 Å². The topological polar surface area (TPSA) is 17.1 Å². The van der Waals surface area contributed by atoms with Gasteiger partial charge in [0.15, 0.2) is 0 Å². The van der Waals surface area contributed by atoms with Crippen LogP contribution in [0.1, 0.15) is 0 Å². The molecule has 0 aliphatic heterocycles. The average molecular weight is 241 g/mol. The van der Waals surface area contributed by atoms with Crippen LogP contribution in [-0.2, 0) is 4.57 Å². The molecule has 17 heavy (non-hydrogen) atoms. The summed E-state index contributed by atoms with van der Waals surface area (Å²) in [4.78, 5) is 0. The summed E-state index contributed by atoms with van der Waals surface area (Å²) in [6.07, 6.45) is 3.32. The van der Waals surface area contributed by atoms with Gasteiger partial charge in [-0.05, 0) is 0 Å². The zero-order chi connectivity index (χ0) is 12.1. The summed E-state index contributed by atoms with van der Waals surface area (Å²) in [5.41, 5.74) is 0. The van der Waals surface area contributed by atoms with Crippen LogP contribution in [-0.4, -0.2) is 0 Å². The van der Waals surface area contributed by atoms with Crippen LogP contribution in [0.5, 0.6) is 0 Å². The molecule has 0 bridgehead atoms. The number of allylic oxidation sites excluding steroid dienone is 1. The molecule has 86 valence electrons. The van der Waals surface area contributed by atoms with Crippen molar-refractivity contribution in [3.8, 4) is 0 Å². The first-order chi connectivity index (χ1) is 8.27. The first-order valence-electron chi connectivity index (χ1n) is 5.45. The van der Waals surface area contributed by atoms with Crippen LogP contribution in [0, 0.1) is 6.16 Å². The molecular weight excluding hydrogens is 227 g/mol. The van der Waals surface area contributed by atoms with E-state index in [1.54, 1.807) is 12.2 Å². The Bertz CT molecular complexity index is 488. The fourth-order valence-corrected chi connectivity index (χ4v) is 3.94. The van der Waals surface area contributed by atoms with E-state index in [-0.39, 0.29) is 0 Å². The van der Waals surface area contributed by atoms with Crippen LogP contribution in [0.3, 0.4) is 0 Å². The minimum Gasteiger partial charge on any atom is -0.328 e. The molecule has 0 aromatic heterocycles. The SMILES string of the molecule is C=C[CH-]P(=O)(c1ccccc1)c1ccccc1. The summed E-state index contributed by atoms with van der Waals surface area (Å²) in [5, 5.41) is 1.68. The monoisotopic (exact) mass is 241 g/mol. The smallest absolute Gasteiger partial charge is 0.0935 e. The number of hydrogen-bond acceptors (Lipinski definition) is 1. The zero-order valence-corrected chi connectivity index (χ0v) is 10.4. The molecule has 0 radical (unpaired) electrons. The van der Waals surface area contributed by atoms with Crippen molar-refractivity contribution in [3.63, 3.8) is 0 Å². The number of hydrogen-bond donors (Lipinski definition) is 0. The van der Waals surface area contributed by atoms with Gasteiger partial charge in [-0.2, -0.15) is 6.16 Å². The molecular formula is C15H14OP-. The molecule has 0 atom stereocenters. The molecule has 1 nitrogen and oxygen atoms in total. The maximum atomic E-state index is 13.1. The molecule has 0 heterocycles. The van der Waals surface area contributed by atoms with Gasteiger partial charge in [-0.15, -0.1) is 0 Å². The minimum absolute atomic E-state index is 0.839. The molecule has 0 spiro atoms. The van der Waals surface area contributed by atoms with Crippen molar-refractivity contribution in [2.24, 2.45) is 0 Å². The van der Waals surface area contributed by atoms with E-state index in [0.717, 1.165) is 10.6 Å². The Balaban J connectivity index is 2.55. The van der Waals surface area contributed by atoms with Crippen molar-refractivity contribution >= 4 is 17.8 Å². The Labute approximate surface area is 102 Å². The highest BCUT2D eigenvalue weighted by molar-refractivity contribution is 7.80. The van der Waals surface area contributed by atoms with Gasteiger partial charge in [0, 0.05) is 10.6 Å². The Morgan fingerprint density at radius 1 is 0.882 bits per heavy atom. The Morgan fingerprint density at radius 2 is 1.29 bits per heavy atom. The molecule has 0 saturated carbocycles. The first-order valence-corrected chi connectivity index (χ1v) is 7.23. The van der Waals surface area contributed by atoms with E-state index < -0.39 is 7.14 Å². The summed E-state index contributed by atoms with van der Waals surface area (Å²) in [6, 6.07) is 19.1. The van der Waals surface area contributed by atoms with Crippen LogP contribution in [0.25, 0.3) is 0 Å². The quantitative estimate of drug-likeness (QED) is 0.592. The number of benzene rings is 2. The van der Waals surface area contributed by atoms with Crippen molar-refractivity contribution in [3.05, 3.63) is 79.5 Å². The summed E-state index contributed by atoms with van der Waals surface area (Å²) in [6.45, 7) is 3.67. The van der Waals surface area contributed by atoms with Crippen LogP contribution in [0.4, 0.5) is 0 Å². The molecule has 0 N–H and O–H groups in total. The van der Waals surface area contributed by atoms with E-state index in [2.05, 4.69) is 6.58 Å². The lowest BCUT2D eigenvalue weighted by Gasteiger charge is -2.22. The van der Waals surface area contributed by atoms with Crippen molar-refractivity contribution in [1.82, 2.24) is 0 Å². The van der Waals surface area contributed by atoms with Crippen molar-refractivity contribution < 1.29 is 4.57 Å².